The van der Waals surface area contributed by atoms with Crippen LogP contribution >= 0.6 is 0 Å². The first-order valence-corrected chi connectivity index (χ1v) is 12.9. The maximum absolute atomic E-state index is 13.6. The first kappa shape index (κ1) is 27.2. The molecule has 0 saturated carbocycles. The van der Waals surface area contributed by atoms with Crippen molar-refractivity contribution in [2.24, 2.45) is 0 Å². The quantitative estimate of drug-likeness (QED) is 0.413. The molecule has 0 aromatic heterocycles. The van der Waals surface area contributed by atoms with Gasteiger partial charge in [0.05, 0.1) is 30.8 Å². The number of methoxy groups -OCH3 is 1. The van der Waals surface area contributed by atoms with E-state index in [9.17, 15) is 9.59 Å². The van der Waals surface area contributed by atoms with Crippen LogP contribution in [0.15, 0.2) is 77.1 Å². The van der Waals surface area contributed by atoms with Crippen LogP contribution in [0.3, 0.4) is 0 Å². The van der Waals surface area contributed by atoms with Gasteiger partial charge in [0.25, 0.3) is 0 Å². The standard InChI is InChI=1S/C31H35N3O4/c1-5-23-12-9-13-25(18-23)29-27(30(35)37-4)21(2)33-22(3)28(29)31(36)38-17-14-26-19-32-15-16-34(26)20-24-10-7-6-8-11-24/h1,6-13,18,26,29,32-33H,14-17,19-20H2,2-4H3. The number of nitrogens with zero attached hydrogens (tertiary/aromatic N) is 1. The highest BCUT2D eigenvalue weighted by Gasteiger charge is 2.38. The third kappa shape index (κ3) is 6.16. The van der Waals surface area contributed by atoms with Crippen molar-refractivity contribution in [1.29, 1.82) is 0 Å². The summed E-state index contributed by atoms with van der Waals surface area (Å²) in [6, 6.07) is 18.0. The SMILES string of the molecule is C#Cc1cccc(C2C(C(=O)OC)=C(C)NC(C)=C2C(=O)OCCC2CNCCN2Cc2ccccc2)c1. The van der Waals surface area contributed by atoms with E-state index in [4.69, 9.17) is 15.9 Å². The first-order chi connectivity index (χ1) is 18.4. The molecular weight excluding hydrogens is 478 g/mol. The summed E-state index contributed by atoms with van der Waals surface area (Å²) in [5.74, 6) is 1.01. The number of carbonyl (C=O) groups excluding carboxylic acids is 2. The molecule has 2 aliphatic heterocycles. The number of carbonyl (C=O) groups is 2. The highest BCUT2D eigenvalue weighted by Crippen LogP contribution is 2.39. The van der Waals surface area contributed by atoms with Gasteiger partial charge in [0.15, 0.2) is 0 Å². The normalized spacial score (nSPS) is 19.9. The molecule has 1 saturated heterocycles. The molecule has 2 atom stereocenters. The van der Waals surface area contributed by atoms with Crippen molar-refractivity contribution in [2.45, 2.75) is 38.8 Å². The average molecular weight is 514 g/mol. The molecule has 2 aliphatic rings. The molecule has 0 aliphatic carbocycles. The lowest BCUT2D eigenvalue weighted by Gasteiger charge is -2.36. The number of ether oxygens (including phenoxy) is 2. The maximum Gasteiger partial charge on any atom is 0.336 e. The molecule has 0 bridgehead atoms. The summed E-state index contributed by atoms with van der Waals surface area (Å²) in [4.78, 5) is 28.8. The topological polar surface area (TPSA) is 79.9 Å². The molecule has 4 rings (SSSR count). The van der Waals surface area contributed by atoms with E-state index in [1.54, 1.807) is 6.92 Å². The Morgan fingerprint density at radius 3 is 2.50 bits per heavy atom. The highest BCUT2D eigenvalue weighted by molar-refractivity contribution is 5.99. The van der Waals surface area contributed by atoms with Gasteiger partial charge in [-0.15, -0.1) is 6.42 Å². The summed E-state index contributed by atoms with van der Waals surface area (Å²) in [7, 11) is 1.33. The van der Waals surface area contributed by atoms with Crippen LogP contribution in [0.4, 0.5) is 0 Å². The fourth-order valence-electron chi connectivity index (χ4n) is 5.27. The number of allylic oxidation sites excluding steroid dienone is 2. The zero-order valence-electron chi connectivity index (χ0n) is 22.3. The Morgan fingerprint density at radius 1 is 1.05 bits per heavy atom. The first-order valence-electron chi connectivity index (χ1n) is 12.9. The number of rotatable bonds is 8. The number of hydrogen-bond donors (Lipinski definition) is 2. The van der Waals surface area contributed by atoms with Crippen LogP contribution in [0.2, 0.25) is 0 Å². The van der Waals surface area contributed by atoms with Gasteiger partial charge in [-0.05, 0) is 43.5 Å². The summed E-state index contributed by atoms with van der Waals surface area (Å²) < 4.78 is 10.9. The monoisotopic (exact) mass is 513 g/mol. The van der Waals surface area contributed by atoms with E-state index in [1.807, 2.05) is 37.3 Å². The molecule has 2 unspecified atom stereocenters. The van der Waals surface area contributed by atoms with Crippen LogP contribution < -0.4 is 10.6 Å². The molecule has 2 N–H and O–H groups in total. The highest BCUT2D eigenvalue weighted by atomic mass is 16.5. The number of piperazine rings is 1. The van der Waals surface area contributed by atoms with Crippen LogP contribution in [0.1, 0.15) is 42.9 Å². The Balaban J connectivity index is 1.51. The summed E-state index contributed by atoms with van der Waals surface area (Å²) >= 11 is 0. The maximum atomic E-state index is 13.6. The lowest BCUT2D eigenvalue weighted by atomic mass is 9.80. The van der Waals surface area contributed by atoms with Crippen molar-refractivity contribution in [3.8, 4) is 12.3 Å². The average Bonchev–Trinajstić information content (AvgIpc) is 2.93. The summed E-state index contributed by atoms with van der Waals surface area (Å²) in [5.41, 5.74) is 4.68. The molecule has 7 nitrogen and oxygen atoms in total. The molecule has 2 aromatic rings. The molecule has 1 fully saturated rings. The third-order valence-corrected chi connectivity index (χ3v) is 7.16. The Labute approximate surface area is 224 Å². The van der Waals surface area contributed by atoms with Crippen molar-refractivity contribution >= 4 is 11.9 Å². The molecule has 38 heavy (non-hydrogen) atoms. The minimum Gasteiger partial charge on any atom is -0.466 e. The second kappa shape index (κ2) is 12.6. The van der Waals surface area contributed by atoms with Gasteiger partial charge in [-0.25, -0.2) is 9.59 Å². The largest absolute Gasteiger partial charge is 0.466 e. The molecule has 0 amide bonds. The van der Waals surface area contributed by atoms with Crippen molar-refractivity contribution < 1.29 is 19.1 Å². The fourth-order valence-corrected chi connectivity index (χ4v) is 5.27. The van der Waals surface area contributed by atoms with E-state index < -0.39 is 17.9 Å². The van der Waals surface area contributed by atoms with Crippen LogP contribution in [-0.2, 0) is 25.6 Å². The number of esters is 2. The van der Waals surface area contributed by atoms with Crippen LogP contribution in [0.25, 0.3) is 0 Å². The van der Waals surface area contributed by atoms with E-state index >= 15 is 0 Å². The predicted octanol–water partition coefficient (Wildman–Crippen LogP) is 3.48. The van der Waals surface area contributed by atoms with Gasteiger partial charge in [-0.1, -0.05) is 48.4 Å². The minimum absolute atomic E-state index is 0.243. The second-order valence-corrected chi connectivity index (χ2v) is 9.64. The Kier molecular flexibility index (Phi) is 9.01. The molecular formula is C31H35N3O4. The van der Waals surface area contributed by atoms with Gasteiger partial charge in [0, 0.05) is 49.2 Å². The lowest BCUT2D eigenvalue weighted by Crippen LogP contribution is -2.51. The molecule has 0 spiro atoms. The Hall–Kier alpha value is -3.86. The van der Waals surface area contributed by atoms with Crippen molar-refractivity contribution in [3.63, 3.8) is 0 Å². The Morgan fingerprint density at radius 2 is 1.79 bits per heavy atom. The molecule has 198 valence electrons. The number of nitrogens with one attached hydrogen (secondary N) is 2. The molecule has 2 heterocycles. The molecule has 2 aromatic carbocycles. The number of benzene rings is 2. The van der Waals surface area contributed by atoms with E-state index in [2.05, 4.69) is 45.7 Å². The van der Waals surface area contributed by atoms with E-state index in [1.165, 1.54) is 12.7 Å². The lowest BCUT2D eigenvalue weighted by molar-refractivity contribution is -0.140. The van der Waals surface area contributed by atoms with Gasteiger partial charge in [0.2, 0.25) is 0 Å². The van der Waals surface area contributed by atoms with Crippen molar-refractivity contribution in [3.05, 3.63) is 93.8 Å². The Bertz CT molecular complexity index is 1280. The second-order valence-electron chi connectivity index (χ2n) is 9.64. The van der Waals surface area contributed by atoms with Gasteiger partial charge in [-0.2, -0.15) is 0 Å². The third-order valence-electron chi connectivity index (χ3n) is 7.16. The van der Waals surface area contributed by atoms with Crippen molar-refractivity contribution in [1.82, 2.24) is 15.5 Å². The minimum atomic E-state index is -0.657. The van der Waals surface area contributed by atoms with Crippen LogP contribution in [0.5, 0.6) is 0 Å². The fraction of sp³-hybridized carbons (Fsp3) is 0.355. The zero-order valence-corrected chi connectivity index (χ0v) is 22.3. The van der Waals surface area contributed by atoms with Gasteiger partial charge < -0.3 is 20.1 Å². The van der Waals surface area contributed by atoms with Gasteiger partial charge >= 0.3 is 11.9 Å². The summed E-state index contributed by atoms with van der Waals surface area (Å²) in [5, 5.41) is 6.63. The van der Waals surface area contributed by atoms with E-state index in [0.717, 1.165) is 31.7 Å². The molecule has 7 heteroatoms. The smallest absolute Gasteiger partial charge is 0.336 e. The van der Waals surface area contributed by atoms with Crippen LogP contribution in [-0.4, -0.2) is 56.2 Å². The van der Waals surface area contributed by atoms with E-state index in [-0.39, 0.29) is 12.6 Å². The van der Waals surface area contributed by atoms with Crippen LogP contribution in [0, 0.1) is 12.3 Å². The summed E-state index contributed by atoms with van der Waals surface area (Å²) in [6.45, 7) is 7.44. The van der Waals surface area contributed by atoms with E-state index in [0.29, 0.717) is 34.5 Å². The number of hydrogen-bond acceptors (Lipinski definition) is 7. The van der Waals surface area contributed by atoms with Gasteiger partial charge in [0.1, 0.15) is 0 Å². The van der Waals surface area contributed by atoms with Crippen molar-refractivity contribution in [2.75, 3.05) is 33.4 Å². The molecule has 0 radical (unpaired) electrons. The summed E-state index contributed by atoms with van der Waals surface area (Å²) in [6.07, 6.45) is 6.33. The zero-order chi connectivity index (χ0) is 27.1. The predicted molar refractivity (Wildman–Crippen MR) is 147 cm³/mol. The number of terminal acetylenes is 1. The van der Waals surface area contributed by atoms with Gasteiger partial charge in [-0.3, -0.25) is 4.90 Å². The number of dihydropyridines is 1.